The molecule has 1 heterocycles. The average Bonchev–Trinajstić information content (AvgIpc) is 2.52. The van der Waals surface area contributed by atoms with E-state index in [0.29, 0.717) is 17.6 Å². The number of hydrazine groups is 1. The van der Waals surface area contributed by atoms with E-state index in [1.807, 2.05) is 37.3 Å². The van der Waals surface area contributed by atoms with Crippen LogP contribution in [0.5, 0.6) is 11.6 Å². The van der Waals surface area contributed by atoms with E-state index >= 15 is 0 Å². The number of aryl methyl sites for hydroxylation is 1. The van der Waals surface area contributed by atoms with Crippen LogP contribution >= 0.6 is 15.9 Å². The van der Waals surface area contributed by atoms with Crippen LogP contribution in [0, 0.1) is 6.92 Å². The molecule has 0 aliphatic heterocycles. The van der Waals surface area contributed by atoms with Gasteiger partial charge in [-0.05, 0) is 39.7 Å². The summed E-state index contributed by atoms with van der Waals surface area (Å²) in [6.07, 6.45) is 1.66. The molecule has 0 atom stereocenters. The maximum atomic E-state index is 5.90. The van der Waals surface area contributed by atoms with Crippen molar-refractivity contribution in [2.45, 2.75) is 6.92 Å². The molecule has 1 aromatic heterocycles. The minimum absolute atomic E-state index is 0.313. The number of halogens is 1. The maximum absolute atomic E-state index is 5.90. The maximum Gasteiger partial charge on any atom is 0.240 e. The summed E-state index contributed by atoms with van der Waals surface area (Å²) in [5.74, 6) is 6.80. The SMILES string of the molecule is Cc1cnc(NN)nc1Oc1ccc2ccccc2c1Br. The number of nitrogens with two attached hydrogens (primary N) is 1. The second kappa shape index (κ2) is 5.67. The van der Waals surface area contributed by atoms with Crippen LogP contribution in [0.2, 0.25) is 0 Å². The van der Waals surface area contributed by atoms with Gasteiger partial charge in [0.2, 0.25) is 11.8 Å². The number of nitrogen functional groups attached to an aromatic ring is 1. The van der Waals surface area contributed by atoms with E-state index in [1.165, 1.54) is 0 Å². The first kappa shape index (κ1) is 13.8. The Morgan fingerprint density at radius 2 is 2.00 bits per heavy atom. The van der Waals surface area contributed by atoms with Crippen molar-refractivity contribution in [1.82, 2.24) is 9.97 Å². The number of benzene rings is 2. The number of fused-ring (bicyclic) bond motifs is 1. The van der Waals surface area contributed by atoms with Gasteiger partial charge in [-0.15, -0.1) is 0 Å². The molecular formula is C15H13BrN4O. The smallest absolute Gasteiger partial charge is 0.240 e. The molecule has 3 N–H and O–H groups in total. The largest absolute Gasteiger partial charge is 0.437 e. The molecule has 0 radical (unpaired) electrons. The summed E-state index contributed by atoms with van der Waals surface area (Å²) in [4.78, 5) is 8.25. The minimum atomic E-state index is 0.313. The number of ether oxygens (including phenoxy) is 1. The van der Waals surface area contributed by atoms with Crippen molar-refractivity contribution in [2.75, 3.05) is 5.43 Å². The topological polar surface area (TPSA) is 73.1 Å². The third-order valence-corrected chi connectivity index (χ3v) is 3.91. The van der Waals surface area contributed by atoms with Gasteiger partial charge in [0, 0.05) is 11.8 Å². The van der Waals surface area contributed by atoms with Gasteiger partial charge in [-0.3, -0.25) is 5.43 Å². The zero-order chi connectivity index (χ0) is 14.8. The van der Waals surface area contributed by atoms with Crippen molar-refractivity contribution in [3.8, 4) is 11.6 Å². The van der Waals surface area contributed by atoms with Crippen molar-refractivity contribution in [3.63, 3.8) is 0 Å². The van der Waals surface area contributed by atoms with E-state index in [0.717, 1.165) is 20.8 Å². The van der Waals surface area contributed by atoms with Gasteiger partial charge in [0.1, 0.15) is 5.75 Å². The average molecular weight is 345 g/mol. The van der Waals surface area contributed by atoms with Gasteiger partial charge in [0.15, 0.2) is 0 Å². The van der Waals surface area contributed by atoms with Crippen LogP contribution in [0.25, 0.3) is 10.8 Å². The number of nitrogens with one attached hydrogen (secondary N) is 1. The first-order chi connectivity index (χ1) is 10.2. The van der Waals surface area contributed by atoms with Crippen molar-refractivity contribution in [2.24, 2.45) is 5.84 Å². The zero-order valence-corrected chi connectivity index (χ0v) is 12.9. The van der Waals surface area contributed by atoms with E-state index in [2.05, 4.69) is 37.4 Å². The molecule has 0 bridgehead atoms. The van der Waals surface area contributed by atoms with Crippen LogP contribution in [-0.2, 0) is 0 Å². The monoisotopic (exact) mass is 344 g/mol. The lowest BCUT2D eigenvalue weighted by Gasteiger charge is -2.11. The lowest BCUT2D eigenvalue weighted by atomic mass is 10.1. The standard InChI is InChI=1S/C15H13BrN4O/c1-9-8-18-15(20-17)19-14(9)21-12-7-6-10-4-2-3-5-11(10)13(12)16/h2-8H,17H2,1H3,(H,18,19,20). The number of hydrogen-bond donors (Lipinski definition) is 2. The molecule has 6 heteroatoms. The third kappa shape index (κ3) is 2.68. The van der Waals surface area contributed by atoms with E-state index in [-0.39, 0.29) is 0 Å². The van der Waals surface area contributed by atoms with Crippen molar-refractivity contribution >= 4 is 32.7 Å². The Balaban J connectivity index is 2.04. The fraction of sp³-hybridized carbons (Fsp3) is 0.0667. The third-order valence-electron chi connectivity index (χ3n) is 3.09. The Kier molecular flexibility index (Phi) is 3.72. The molecule has 0 aliphatic rings. The van der Waals surface area contributed by atoms with Crippen LogP contribution < -0.4 is 16.0 Å². The highest BCUT2D eigenvalue weighted by Crippen LogP contribution is 2.36. The van der Waals surface area contributed by atoms with E-state index in [4.69, 9.17) is 10.6 Å². The second-order valence-electron chi connectivity index (χ2n) is 4.53. The van der Waals surface area contributed by atoms with Gasteiger partial charge in [-0.1, -0.05) is 30.3 Å². The van der Waals surface area contributed by atoms with Gasteiger partial charge in [-0.25, -0.2) is 10.8 Å². The molecule has 3 rings (SSSR count). The summed E-state index contributed by atoms with van der Waals surface area (Å²) in [6.45, 7) is 1.88. The highest BCUT2D eigenvalue weighted by Gasteiger charge is 2.10. The van der Waals surface area contributed by atoms with Gasteiger partial charge in [-0.2, -0.15) is 4.98 Å². The Labute approximate surface area is 130 Å². The summed E-state index contributed by atoms with van der Waals surface area (Å²) in [5.41, 5.74) is 3.24. The van der Waals surface area contributed by atoms with E-state index in [1.54, 1.807) is 6.20 Å². The summed E-state index contributed by atoms with van der Waals surface area (Å²) in [5, 5.41) is 2.22. The van der Waals surface area contributed by atoms with E-state index in [9.17, 15) is 0 Å². The molecule has 21 heavy (non-hydrogen) atoms. The normalized spacial score (nSPS) is 10.6. The Morgan fingerprint density at radius 3 is 2.81 bits per heavy atom. The molecular weight excluding hydrogens is 332 g/mol. The minimum Gasteiger partial charge on any atom is -0.437 e. The lowest BCUT2D eigenvalue weighted by Crippen LogP contribution is -2.11. The fourth-order valence-corrected chi connectivity index (χ4v) is 2.57. The molecule has 0 fully saturated rings. The van der Waals surface area contributed by atoms with Gasteiger partial charge in [0.25, 0.3) is 0 Å². The molecule has 5 nitrogen and oxygen atoms in total. The molecule has 3 aromatic rings. The summed E-state index contributed by atoms with van der Waals surface area (Å²) >= 11 is 3.59. The first-order valence-electron chi connectivity index (χ1n) is 6.34. The zero-order valence-electron chi connectivity index (χ0n) is 11.3. The Morgan fingerprint density at radius 1 is 1.19 bits per heavy atom. The predicted octanol–water partition coefficient (Wildman–Crippen LogP) is 3.78. The number of anilines is 1. The number of rotatable bonds is 3. The van der Waals surface area contributed by atoms with Crippen molar-refractivity contribution < 1.29 is 4.74 Å². The Bertz CT molecular complexity index is 807. The number of hydrogen-bond acceptors (Lipinski definition) is 5. The van der Waals surface area contributed by atoms with Crippen molar-refractivity contribution in [3.05, 3.63) is 52.6 Å². The van der Waals surface area contributed by atoms with Crippen LogP contribution in [0.1, 0.15) is 5.56 Å². The molecule has 0 saturated heterocycles. The molecule has 2 aromatic carbocycles. The fourth-order valence-electron chi connectivity index (χ4n) is 2.00. The second-order valence-corrected chi connectivity index (χ2v) is 5.32. The van der Waals surface area contributed by atoms with Crippen molar-refractivity contribution in [1.29, 1.82) is 0 Å². The first-order valence-corrected chi connectivity index (χ1v) is 7.13. The van der Waals surface area contributed by atoms with E-state index < -0.39 is 0 Å². The van der Waals surface area contributed by atoms with Crippen LogP contribution in [0.4, 0.5) is 5.95 Å². The molecule has 0 unspecified atom stereocenters. The predicted molar refractivity (Wildman–Crippen MR) is 86.3 cm³/mol. The molecule has 0 saturated carbocycles. The molecule has 0 aliphatic carbocycles. The molecule has 106 valence electrons. The highest BCUT2D eigenvalue weighted by atomic mass is 79.9. The van der Waals surface area contributed by atoms with Gasteiger partial charge >= 0.3 is 0 Å². The van der Waals surface area contributed by atoms with Crippen LogP contribution in [-0.4, -0.2) is 9.97 Å². The number of nitrogens with zero attached hydrogens (tertiary/aromatic N) is 2. The summed E-state index contributed by atoms with van der Waals surface area (Å²) < 4.78 is 6.79. The molecule has 0 amide bonds. The highest BCUT2D eigenvalue weighted by molar-refractivity contribution is 9.10. The lowest BCUT2D eigenvalue weighted by molar-refractivity contribution is 0.456. The Hall–Kier alpha value is -2.18. The van der Waals surface area contributed by atoms with Crippen LogP contribution in [0.3, 0.4) is 0 Å². The molecule has 0 spiro atoms. The van der Waals surface area contributed by atoms with Crippen LogP contribution in [0.15, 0.2) is 47.1 Å². The summed E-state index contributed by atoms with van der Waals surface area (Å²) in [7, 11) is 0. The van der Waals surface area contributed by atoms with Gasteiger partial charge in [0.05, 0.1) is 4.47 Å². The van der Waals surface area contributed by atoms with Gasteiger partial charge < -0.3 is 4.74 Å². The number of aromatic nitrogens is 2. The quantitative estimate of drug-likeness (QED) is 0.558. The summed E-state index contributed by atoms with van der Waals surface area (Å²) in [6, 6.07) is 12.0.